The van der Waals surface area contributed by atoms with Crippen molar-refractivity contribution in [2.45, 2.75) is 25.4 Å². The minimum absolute atomic E-state index is 0.0962. The smallest absolute Gasteiger partial charge is 0.264 e. The van der Waals surface area contributed by atoms with E-state index in [1.54, 1.807) is 23.8 Å². The maximum absolute atomic E-state index is 13.3. The van der Waals surface area contributed by atoms with Crippen LogP contribution < -0.4 is 15.0 Å². The van der Waals surface area contributed by atoms with Crippen LogP contribution in [-0.4, -0.2) is 50.9 Å². The number of hydrogen-bond donors (Lipinski definition) is 0. The second kappa shape index (κ2) is 9.01. The van der Waals surface area contributed by atoms with E-state index in [-0.39, 0.29) is 24.1 Å². The van der Waals surface area contributed by atoms with Gasteiger partial charge in [0.25, 0.3) is 5.56 Å². The zero-order valence-electron chi connectivity index (χ0n) is 19.0. The predicted molar refractivity (Wildman–Crippen MR) is 126 cm³/mol. The number of carbonyl (C=O) groups is 1. The highest BCUT2D eigenvalue weighted by molar-refractivity contribution is 5.78. The van der Waals surface area contributed by atoms with E-state index in [0.717, 1.165) is 24.1 Å². The average molecular weight is 460 g/mol. The summed E-state index contributed by atoms with van der Waals surface area (Å²) in [5.74, 6) is 1.27. The molecular formula is C25H25N5O4. The second-order valence-electron chi connectivity index (χ2n) is 8.16. The lowest BCUT2D eigenvalue weighted by Crippen LogP contribution is -2.36. The molecule has 0 radical (unpaired) electrons. The van der Waals surface area contributed by atoms with Crippen LogP contribution in [0.15, 0.2) is 65.8 Å². The van der Waals surface area contributed by atoms with Crippen LogP contribution >= 0.6 is 0 Å². The minimum Gasteiger partial charge on any atom is -0.497 e. The lowest BCUT2D eigenvalue weighted by atomic mass is 10.0. The Labute approximate surface area is 196 Å². The van der Waals surface area contributed by atoms with Gasteiger partial charge in [-0.2, -0.15) is 5.10 Å². The summed E-state index contributed by atoms with van der Waals surface area (Å²) in [5.41, 5.74) is 1.87. The van der Waals surface area contributed by atoms with Crippen LogP contribution in [0.1, 0.15) is 24.4 Å². The lowest BCUT2D eigenvalue weighted by molar-refractivity contribution is -0.132. The standard InChI is InChI=1S/C25H25N5O4/c1-33-18-10-11-22(34-2)19(13-18)21-9-6-12-29(21)23(31)15-28-16-26-24-20(25(28)32)14-27-30(24)17-7-4-3-5-8-17/h3-5,7-8,10-11,13-14,16,21H,6,9,12,15H2,1-2H3/t21-/m0/s1. The van der Waals surface area contributed by atoms with Crippen molar-refractivity contribution in [1.82, 2.24) is 24.2 Å². The van der Waals surface area contributed by atoms with E-state index in [0.29, 0.717) is 29.1 Å². The Bertz CT molecular complexity index is 1400. The molecule has 0 aliphatic carbocycles. The molecule has 0 N–H and O–H groups in total. The number of likely N-dealkylation sites (tertiary alicyclic amines) is 1. The molecule has 1 saturated heterocycles. The fourth-order valence-electron chi connectivity index (χ4n) is 4.54. The molecule has 0 bridgehead atoms. The Balaban J connectivity index is 1.42. The average Bonchev–Trinajstić information content (AvgIpc) is 3.54. The van der Waals surface area contributed by atoms with Crippen LogP contribution in [0.4, 0.5) is 0 Å². The molecule has 1 aliphatic heterocycles. The third-order valence-electron chi connectivity index (χ3n) is 6.23. The Morgan fingerprint density at radius 2 is 1.94 bits per heavy atom. The SMILES string of the molecule is COc1ccc(OC)c([C@@H]2CCCN2C(=O)Cn2cnc3c(cnn3-c3ccccc3)c2=O)c1. The maximum atomic E-state index is 13.3. The van der Waals surface area contributed by atoms with E-state index < -0.39 is 0 Å². The van der Waals surface area contributed by atoms with Crippen LogP contribution in [-0.2, 0) is 11.3 Å². The number of fused-ring (bicyclic) bond motifs is 1. The highest BCUT2D eigenvalue weighted by Gasteiger charge is 2.32. The molecule has 9 heteroatoms. The van der Waals surface area contributed by atoms with Crippen molar-refractivity contribution in [3.05, 3.63) is 77.0 Å². The molecule has 34 heavy (non-hydrogen) atoms. The summed E-state index contributed by atoms with van der Waals surface area (Å²) in [5, 5.41) is 4.70. The molecule has 2 aromatic heterocycles. The van der Waals surface area contributed by atoms with Crippen LogP contribution in [0.2, 0.25) is 0 Å². The molecule has 2 aromatic carbocycles. The summed E-state index contributed by atoms with van der Waals surface area (Å²) in [7, 11) is 3.22. The number of benzene rings is 2. The van der Waals surface area contributed by atoms with Gasteiger partial charge in [-0.3, -0.25) is 14.2 Å². The van der Waals surface area contributed by atoms with E-state index in [1.807, 2.05) is 48.5 Å². The first-order valence-electron chi connectivity index (χ1n) is 11.1. The number of para-hydroxylation sites is 1. The van der Waals surface area contributed by atoms with Gasteiger partial charge >= 0.3 is 0 Å². The number of aromatic nitrogens is 4. The summed E-state index contributed by atoms with van der Waals surface area (Å²) in [4.78, 5) is 32.7. The zero-order chi connectivity index (χ0) is 23.7. The van der Waals surface area contributed by atoms with Crippen molar-refractivity contribution in [3.8, 4) is 17.2 Å². The van der Waals surface area contributed by atoms with Crippen molar-refractivity contribution >= 4 is 16.9 Å². The zero-order valence-corrected chi connectivity index (χ0v) is 19.0. The quantitative estimate of drug-likeness (QED) is 0.440. The monoisotopic (exact) mass is 459 g/mol. The summed E-state index contributed by atoms with van der Waals surface area (Å²) in [6.07, 6.45) is 4.59. The topological polar surface area (TPSA) is 91.5 Å². The Kier molecular flexibility index (Phi) is 5.75. The largest absolute Gasteiger partial charge is 0.497 e. The summed E-state index contributed by atoms with van der Waals surface area (Å²) in [6, 6.07) is 14.9. The van der Waals surface area contributed by atoms with E-state index in [9.17, 15) is 9.59 Å². The molecule has 1 amide bonds. The molecule has 0 unspecified atom stereocenters. The highest BCUT2D eigenvalue weighted by Crippen LogP contribution is 2.39. The predicted octanol–water partition coefficient (Wildman–Crippen LogP) is 2.96. The fraction of sp³-hybridized carbons (Fsp3) is 0.280. The molecule has 1 aliphatic rings. The number of rotatable bonds is 6. The van der Waals surface area contributed by atoms with Crippen molar-refractivity contribution in [3.63, 3.8) is 0 Å². The number of hydrogen-bond acceptors (Lipinski definition) is 6. The third-order valence-corrected chi connectivity index (χ3v) is 6.23. The van der Waals surface area contributed by atoms with Crippen LogP contribution in [0.5, 0.6) is 11.5 Å². The second-order valence-corrected chi connectivity index (χ2v) is 8.16. The number of amides is 1. The first-order valence-corrected chi connectivity index (χ1v) is 11.1. The fourth-order valence-corrected chi connectivity index (χ4v) is 4.54. The maximum Gasteiger partial charge on any atom is 0.264 e. The molecule has 9 nitrogen and oxygen atoms in total. The van der Waals surface area contributed by atoms with Gasteiger partial charge in [-0.15, -0.1) is 0 Å². The summed E-state index contributed by atoms with van der Waals surface area (Å²) >= 11 is 0. The van der Waals surface area contributed by atoms with Gasteiger partial charge in [0.2, 0.25) is 5.91 Å². The van der Waals surface area contributed by atoms with Crippen molar-refractivity contribution in [2.24, 2.45) is 0 Å². The molecule has 1 atom stereocenters. The minimum atomic E-state index is -0.296. The van der Waals surface area contributed by atoms with E-state index in [2.05, 4.69) is 10.1 Å². The van der Waals surface area contributed by atoms with Crippen LogP contribution in [0.3, 0.4) is 0 Å². The lowest BCUT2D eigenvalue weighted by Gasteiger charge is -2.27. The van der Waals surface area contributed by atoms with Crippen LogP contribution in [0, 0.1) is 0 Å². The number of carbonyl (C=O) groups excluding carboxylic acids is 1. The number of ether oxygens (including phenoxy) is 2. The Hall–Kier alpha value is -4.14. The number of nitrogens with zero attached hydrogens (tertiary/aromatic N) is 5. The molecule has 0 saturated carbocycles. The highest BCUT2D eigenvalue weighted by atomic mass is 16.5. The first kappa shape index (κ1) is 21.7. The molecule has 1 fully saturated rings. The van der Waals surface area contributed by atoms with Crippen molar-refractivity contribution < 1.29 is 14.3 Å². The van der Waals surface area contributed by atoms with E-state index >= 15 is 0 Å². The van der Waals surface area contributed by atoms with Gasteiger partial charge in [0.1, 0.15) is 29.8 Å². The molecule has 174 valence electrons. The molecule has 0 spiro atoms. The van der Waals surface area contributed by atoms with E-state index in [4.69, 9.17) is 9.47 Å². The van der Waals surface area contributed by atoms with Gasteiger partial charge in [0, 0.05) is 12.1 Å². The van der Waals surface area contributed by atoms with Gasteiger partial charge in [-0.1, -0.05) is 18.2 Å². The normalized spacial score (nSPS) is 15.6. The van der Waals surface area contributed by atoms with Gasteiger partial charge in [0.05, 0.1) is 32.1 Å². The Morgan fingerprint density at radius 1 is 1.12 bits per heavy atom. The van der Waals surface area contributed by atoms with Gasteiger partial charge in [0.15, 0.2) is 5.65 Å². The van der Waals surface area contributed by atoms with Gasteiger partial charge < -0.3 is 14.4 Å². The molecule has 3 heterocycles. The summed E-state index contributed by atoms with van der Waals surface area (Å²) in [6.45, 7) is 0.515. The molecule has 5 rings (SSSR count). The van der Waals surface area contributed by atoms with Crippen molar-refractivity contribution in [2.75, 3.05) is 20.8 Å². The summed E-state index contributed by atoms with van der Waals surface area (Å²) < 4.78 is 13.9. The number of methoxy groups -OCH3 is 2. The van der Waals surface area contributed by atoms with Gasteiger partial charge in [-0.05, 0) is 43.2 Å². The van der Waals surface area contributed by atoms with Crippen LogP contribution in [0.25, 0.3) is 16.7 Å². The van der Waals surface area contributed by atoms with Crippen molar-refractivity contribution in [1.29, 1.82) is 0 Å². The Morgan fingerprint density at radius 3 is 2.71 bits per heavy atom. The van der Waals surface area contributed by atoms with Gasteiger partial charge in [-0.25, -0.2) is 9.67 Å². The molecule has 4 aromatic rings. The van der Waals surface area contributed by atoms with E-state index in [1.165, 1.54) is 17.1 Å². The first-order chi connectivity index (χ1) is 16.6. The third kappa shape index (κ3) is 3.79. The molecular weight excluding hydrogens is 434 g/mol.